The van der Waals surface area contributed by atoms with Crippen molar-refractivity contribution < 1.29 is 14.4 Å². The molecule has 1 aliphatic heterocycles. The van der Waals surface area contributed by atoms with Crippen molar-refractivity contribution in [3.8, 4) is 0 Å². The van der Waals surface area contributed by atoms with Gasteiger partial charge in [-0.2, -0.15) is 5.06 Å². The lowest BCUT2D eigenvalue weighted by Gasteiger charge is -2.21. The molecule has 0 aliphatic carbocycles. The van der Waals surface area contributed by atoms with Gasteiger partial charge in [-0.05, 0) is 18.4 Å². The monoisotopic (exact) mass is 235 g/mol. The molecule has 1 heterocycles. The summed E-state index contributed by atoms with van der Waals surface area (Å²) in [4.78, 5) is 17.1. The van der Waals surface area contributed by atoms with Crippen LogP contribution in [-0.4, -0.2) is 30.7 Å². The molecule has 0 aromatic heterocycles. The largest absolute Gasteiger partial charge is 0.468 e. The van der Waals surface area contributed by atoms with Gasteiger partial charge in [-0.25, -0.2) is 0 Å². The summed E-state index contributed by atoms with van der Waals surface area (Å²) in [7, 11) is 1.41. The van der Waals surface area contributed by atoms with Gasteiger partial charge in [0.15, 0.2) is 0 Å². The normalized spacial score (nSPS) is 20.4. The zero-order valence-corrected chi connectivity index (χ0v) is 9.96. The van der Waals surface area contributed by atoms with Crippen molar-refractivity contribution in [3.63, 3.8) is 0 Å². The van der Waals surface area contributed by atoms with Crippen LogP contribution in [-0.2, 0) is 21.0 Å². The number of rotatable bonds is 4. The number of ether oxygens (including phenoxy) is 1. The molecule has 1 fully saturated rings. The fraction of sp³-hybridized carbons (Fsp3) is 0.462. The highest BCUT2D eigenvalue weighted by Crippen LogP contribution is 2.19. The molecule has 4 nitrogen and oxygen atoms in total. The van der Waals surface area contributed by atoms with Crippen molar-refractivity contribution >= 4 is 5.97 Å². The Kier molecular flexibility index (Phi) is 4.12. The Morgan fingerprint density at radius 3 is 2.88 bits per heavy atom. The maximum absolute atomic E-state index is 11.5. The average Bonchev–Trinajstić information content (AvgIpc) is 2.85. The summed E-state index contributed by atoms with van der Waals surface area (Å²) in [5.74, 6) is -0.212. The summed E-state index contributed by atoms with van der Waals surface area (Å²) < 4.78 is 4.76. The van der Waals surface area contributed by atoms with Gasteiger partial charge in [0.25, 0.3) is 0 Å². The van der Waals surface area contributed by atoms with Crippen molar-refractivity contribution in [1.82, 2.24) is 5.06 Å². The topological polar surface area (TPSA) is 38.8 Å². The molecule has 4 heteroatoms. The van der Waals surface area contributed by atoms with Crippen molar-refractivity contribution in [3.05, 3.63) is 35.9 Å². The Morgan fingerprint density at radius 2 is 2.18 bits per heavy atom. The van der Waals surface area contributed by atoms with E-state index in [2.05, 4.69) is 0 Å². The van der Waals surface area contributed by atoms with Crippen LogP contribution in [0.3, 0.4) is 0 Å². The molecule has 1 unspecified atom stereocenters. The second-order valence-corrected chi connectivity index (χ2v) is 4.08. The Bertz CT molecular complexity index is 366. The number of esters is 1. The van der Waals surface area contributed by atoms with Gasteiger partial charge in [-0.3, -0.25) is 9.63 Å². The standard InChI is InChI=1S/C13H17NO3/c1-16-13(15)12-8-5-9-14(12)17-10-11-6-3-2-4-7-11/h2-4,6-7,12H,5,8-10H2,1H3. The SMILES string of the molecule is COC(=O)C1CCCN1OCc1ccccc1. The van der Waals surface area contributed by atoms with E-state index < -0.39 is 0 Å². The Balaban J connectivity index is 1.88. The van der Waals surface area contributed by atoms with Crippen molar-refractivity contribution in [2.24, 2.45) is 0 Å². The zero-order valence-electron chi connectivity index (χ0n) is 9.96. The molecule has 1 aliphatic rings. The van der Waals surface area contributed by atoms with E-state index in [-0.39, 0.29) is 12.0 Å². The molecule has 0 saturated carbocycles. The highest BCUT2D eigenvalue weighted by atomic mass is 16.7. The van der Waals surface area contributed by atoms with Gasteiger partial charge in [-0.15, -0.1) is 0 Å². The molecule has 0 bridgehead atoms. The summed E-state index contributed by atoms with van der Waals surface area (Å²) in [6, 6.07) is 9.67. The number of nitrogens with zero attached hydrogens (tertiary/aromatic N) is 1. The first-order valence-electron chi connectivity index (χ1n) is 5.82. The fourth-order valence-corrected chi connectivity index (χ4v) is 2.00. The second kappa shape index (κ2) is 5.80. The zero-order chi connectivity index (χ0) is 12.1. The molecule has 0 spiro atoms. The van der Waals surface area contributed by atoms with E-state index >= 15 is 0 Å². The van der Waals surface area contributed by atoms with E-state index in [1.807, 2.05) is 30.3 Å². The quantitative estimate of drug-likeness (QED) is 0.745. The highest BCUT2D eigenvalue weighted by Gasteiger charge is 2.32. The number of carbonyl (C=O) groups excluding carboxylic acids is 1. The van der Waals surface area contributed by atoms with E-state index in [0.717, 1.165) is 24.9 Å². The van der Waals surface area contributed by atoms with E-state index in [0.29, 0.717) is 6.61 Å². The maximum Gasteiger partial charge on any atom is 0.325 e. The summed E-state index contributed by atoms with van der Waals surface area (Å²) >= 11 is 0. The Morgan fingerprint density at radius 1 is 1.41 bits per heavy atom. The molecule has 1 saturated heterocycles. The van der Waals surface area contributed by atoms with Crippen molar-refractivity contribution in [1.29, 1.82) is 0 Å². The molecular formula is C13H17NO3. The van der Waals surface area contributed by atoms with E-state index in [4.69, 9.17) is 9.57 Å². The number of hydrogen-bond donors (Lipinski definition) is 0. The molecule has 1 aromatic rings. The van der Waals surface area contributed by atoms with Gasteiger partial charge in [0, 0.05) is 6.54 Å². The third-order valence-electron chi connectivity index (χ3n) is 2.92. The lowest BCUT2D eigenvalue weighted by atomic mass is 10.2. The van der Waals surface area contributed by atoms with Gasteiger partial charge < -0.3 is 4.74 Å². The first-order valence-corrected chi connectivity index (χ1v) is 5.82. The molecule has 1 atom stereocenters. The van der Waals surface area contributed by atoms with Crippen LogP contribution in [0.25, 0.3) is 0 Å². The summed E-state index contributed by atoms with van der Waals surface area (Å²) in [6.45, 7) is 1.28. The highest BCUT2D eigenvalue weighted by molar-refractivity contribution is 5.75. The molecule has 0 radical (unpaired) electrons. The van der Waals surface area contributed by atoms with Crippen LogP contribution >= 0.6 is 0 Å². The molecule has 1 aromatic carbocycles. The van der Waals surface area contributed by atoms with Gasteiger partial charge in [0.1, 0.15) is 6.04 Å². The summed E-state index contributed by atoms with van der Waals surface area (Å²) in [5.41, 5.74) is 1.10. The maximum atomic E-state index is 11.5. The van der Waals surface area contributed by atoms with Crippen LogP contribution in [0.1, 0.15) is 18.4 Å². The van der Waals surface area contributed by atoms with Crippen LogP contribution in [0.15, 0.2) is 30.3 Å². The first kappa shape index (κ1) is 12.1. The van der Waals surface area contributed by atoms with Gasteiger partial charge in [0.2, 0.25) is 0 Å². The molecular weight excluding hydrogens is 218 g/mol. The number of hydrogen-bond acceptors (Lipinski definition) is 4. The minimum atomic E-state index is -0.247. The van der Waals surface area contributed by atoms with E-state index in [9.17, 15) is 4.79 Å². The minimum Gasteiger partial charge on any atom is -0.468 e. The predicted octanol–water partition coefficient (Wildman–Crippen LogP) is 1.76. The number of benzene rings is 1. The van der Waals surface area contributed by atoms with Gasteiger partial charge in [0.05, 0.1) is 13.7 Å². The third-order valence-corrected chi connectivity index (χ3v) is 2.92. The van der Waals surface area contributed by atoms with E-state index in [1.54, 1.807) is 5.06 Å². The predicted molar refractivity (Wildman–Crippen MR) is 63.0 cm³/mol. The summed E-state index contributed by atoms with van der Waals surface area (Å²) in [5, 5.41) is 1.73. The number of methoxy groups -OCH3 is 1. The molecule has 2 rings (SSSR count). The number of carbonyl (C=O) groups is 1. The molecule has 0 N–H and O–H groups in total. The lowest BCUT2D eigenvalue weighted by Crippen LogP contribution is -2.36. The van der Waals surface area contributed by atoms with Crippen molar-refractivity contribution in [2.45, 2.75) is 25.5 Å². The smallest absolute Gasteiger partial charge is 0.325 e. The van der Waals surface area contributed by atoms with E-state index in [1.165, 1.54) is 7.11 Å². The fourth-order valence-electron chi connectivity index (χ4n) is 2.00. The minimum absolute atomic E-state index is 0.212. The van der Waals surface area contributed by atoms with Crippen molar-refractivity contribution in [2.75, 3.05) is 13.7 Å². The second-order valence-electron chi connectivity index (χ2n) is 4.08. The summed E-state index contributed by atoms with van der Waals surface area (Å²) in [6.07, 6.45) is 1.77. The van der Waals surface area contributed by atoms with Crippen LogP contribution < -0.4 is 0 Å². The lowest BCUT2D eigenvalue weighted by molar-refractivity contribution is -0.194. The third kappa shape index (κ3) is 3.05. The van der Waals surface area contributed by atoms with Crippen LogP contribution in [0.2, 0.25) is 0 Å². The molecule has 0 amide bonds. The van der Waals surface area contributed by atoms with Crippen LogP contribution in [0.4, 0.5) is 0 Å². The van der Waals surface area contributed by atoms with Crippen LogP contribution in [0.5, 0.6) is 0 Å². The van der Waals surface area contributed by atoms with Gasteiger partial charge >= 0.3 is 5.97 Å². The van der Waals surface area contributed by atoms with Gasteiger partial charge in [-0.1, -0.05) is 30.3 Å². The molecule has 17 heavy (non-hydrogen) atoms. The number of hydroxylamine groups is 2. The first-order chi connectivity index (χ1) is 8.31. The van der Waals surface area contributed by atoms with Crippen LogP contribution in [0, 0.1) is 0 Å². The Labute approximate surface area is 101 Å². The Hall–Kier alpha value is -1.39. The average molecular weight is 235 g/mol. The molecule has 92 valence electrons.